The number of carbonyl (C=O) groups excluding carboxylic acids is 1. The van der Waals surface area contributed by atoms with E-state index in [1.165, 1.54) is 6.07 Å². The molecule has 7 heteroatoms. The van der Waals surface area contributed by atoms with Crippen molar-refractivity contribution in [1.29, 1.82) is 0 Å². The molecule has 124 valence electrons. The van der Waals surface area contributed by atoms with Crippen LogP contribution in [0, 0.1) is 17.6 Å². The van der Waals surface area contributed by atoms with Crippen LogP contribution in [0.3, 0.4) is 0 Å². The first-order chi connectivity index (χ1) is 10.9. The molecule has 1 aromatic carbocycles. The lowest BCUT2D eigenvalue weighted by Crippen LogP contribution is -2.34. The largest absolute Gasteiger partial charge is 0.337 e. The van der Waals surface area contributed by atoms with Crippen molar-refractivity contribution >= 4 is 11.7 Å². The summed E-state index contributed by atoms with van der Waals surface area (Å²) in [6.07, 6.45) is 1.71. The molecule has 2 N–H and O–H groups in total. The lowest BCUT2D eigenvalue weighted by Gasteiger charge is -2.21. The van der Waals surface area contributed by atoms with Gasteiger partial charge in [0.15, 0.2) is 0 Å². The van der Waals surface area contributed by atoms with Gasteiger partial charge in [-0.2, -0.15) is 5.10 Å². The summed E-state index contributed by atoms with van der Waals surface area (Å²) >= 11 is 0. The summed E-state index contributed by atoms with van der Waals surface area (Å²) in [5.41, 5.74) is 0.943. The monoisotopic (exact) mass is 322 g/mol. The maximum absolute atomic E-state index is 13.5. The van der Waals surface area contributed by atoms with E-state index in [4.69, 9.17) is 0 Å². The molecular weight excluding hydrogens is 302 g/mol. The van der Waals surface area contributed by atoms with E-state index in [-0.39, 0.29) is 17.5 Å². The molecule has 23 heavy (non-hydrogen) atoms. The molecule has 0 aliphatic carbocycles. The Morgan fingerprint density at radius 3 is 2.61 bits per heavy atom. The van der Waals surface area contributed by atoms with Crippen LogP contribution in [0.1, 0.15) is 25.5 Å². The van der Waals surface area contributed by atoms with Gasteiger partial charge in [0.2, 0.25) is 0 Å². The smallest absolute Gasteiger partial charge is 0.319 e. The fraction of sp³-hybridized carbons (Fsp3) is 0.375. The summed E-state index contributed by atoms with van der Waals surface area (Å²) in [6.45, 7) is 4.49. The normalized spacial score (nSPS) is 12.3. The van der Waals surface area contributed by atoms with Gasteiger partial charge < -0.3 is 10.6 Å². The van der Waals surface area contributed by atoms with Crippen molar-refractivity contribution in [2.75, 3.05) is 11.9 Å². The first-order valence-corrected chi connectivity index (χ1v) is 7.36. The van der Waals surface area contributed by atoms with E-state index in [0.29, 0.717) is 6.54 Å². The molecular formula is C16H20F2N4O. The molecule has 0 fully saturated rings. The van der Waals surface area contributed by atoms with E-state index in [9.17, 15) is 13.6 Å². The second-order valence-corrected chi connectivity index (χ2v) is 5.69. The summed E-state index contributed by atoms with van der Waals surface area (Å²) in [4.78, 5) is 11.9. The first-order valence-electron chi connectivity index (χ1n) is 7.36. The molecule has 1 atom stereocenters. The van der Waals surface area contributed by atoms with E-state index in [0.717, 1.165) is 17.8 Å². The Bertz CT molecular complexity index is 684. The molecule has 2 amide bonds. The lowest BCUT2D eigenvalue weighted by atomic mass is 9.92. The number of hydrogen-bond donors (Lipinski definition) is 2. The van der Waals surface area contributed by atoms with Crippen molar-refractivity contribution in [3.8, 4) is 0 Å². The molecule has 0 unspecified atom stereocenters. The van der Waals surface area contributed by atoms with E-state index in [1.54, 1.807) is 10.9 Å². The van der Waals surface area contributed by atoms with Crippen LogP contribution in [0.4, 0.5) is 19.3 Å². The number of aryl methyl sites for hydroxylation is 1. The van der Waals surface area contributed by atoms with E-state index < -0.39 is 17.7 Å². The molecule has 5 nitrogen and oxygen atoms in total. The third kappa shape index (κ3) is 4.28. The highest BCUT2D eigenvalue weighted by Crippen LogP contribution is 2.23. The minimum atomic E-state index is -0.813. The minimum absolute atomic E-state index is 0.0643. The molecule has 0 saturated heterocycles. The van der Waals surface area contributed by atoms with Crippen LogP contribution in [0.15, 0.2) is 30.5 Å². The number of nitrogens with zero attached hydrogens (tertiary/aromatic N) is 2. The van der Waals surface area contributed by atoms with Crippen LogP contribution >= 0.6 is 0 Å². The molecule has 1 aromatic heterocycles. The van der Waals surface area contributed by atoms with Crippen molar-refractivity contribution in [3.63, 3.8) is 0 Å². The Kier molecular flexibility index (Phi) is 5.31. The number of halogens is 2. The van der Waals surface area contributed by atoms with Crippen LogP contribution in [0.5, 0.6) is 0 Å². The highest BCUT2D eigenvalue weighted by atomic mass is 19.1. The molecule has 0 spiro atoms. The van der Waals surface area contributed by atoms with Gasteiger partial charge in [-0.1, -0.05) is 13.8 Å². The second-order valence-electron chi connectivity index (χ2n) is 5.69. The Morgan fingerprint density at radius 2 is 2.04 bits per heavy atom. The van der Waals surface area contributed by atoms with Gasteiger partial charge in [-0.25, -0.2) is 13.6 Å². The minimum Gasteiger partial charge on any atom is -0.337 e. The maximum Gasteiger partial charge on any atom is 0.319 e. The number of urea groups is 1. The highest BCUT2D eigenvalue weighted by Gasteiger charge is 2.20. The Hall–Kier alpha value is -2.44. The second kappa shape index (κ2) is 7.21. The fourth-order valence-corrected chi connectivity index (χ4v) is 2.39. The average Bonchev–Trinajstić information content (AvgIpc) is 2.88. The van der Waals surface area contributed by atoms with Gasteiger partial charge in [-0.05, 0) is 24.1 Å². The molecule has 2 rings (SSSR count). The number of rotatable bonds is 5. The van der Waals surface area contributed by atoms with Gasteiger partial charge in [-0.15, -0.1) is 0 Å². The number of amides is 2. The molecule has 0 aliphatic rings. The standard InChI is InChI=1S/C16H20F2N4O/c1-10(2)12(15-6-7-20-22(15)3)9-19-16(23)21-14-5-4-11(17)8-13(14)18/h4-8,10,12H,9H2,1-3H3,(H2,19,21,23)/t12-/m0/s1. The van der Waals surface area contributed by atoms with Crippen molar-refractivity contribution in [1.82, 2.24) is 15.1 Å². The predicted octanol–water partition coefficient (Wildman–Crippen LogP) is 3.26. The predicted molar refractivity (Wildman–Crippen MR) is 84.2 cm³/mol. The van der Waals surface area contributed by atoms with Crippen molar-refractivity contribution in [2.24, 2.45) is 13.0 Å². The first kappa shape index (κ1) is 16.9. The van der Waals surface area contributed by atoms with E-state index in [1.807, 2.05) is 13.1 Å². The average molecular weight is 322 g/mol. The van der Waals surface area contributed by atoms with Gasteiger partial charge in [0.1, 0.15) is 11.6 Å². The fourth-order valence-electron chi connectivity index (χ4n) is 2.39. The van der Waals surface area contributed by atoms with Gasteiger partial charge in [0.05, 0.1) is 5.69 Å². The number of anilines is 1. The molecule has 2 aromatic rings. The molecule has 1 heterocycles. The summed E-state index contributed by atoms with van der Waals surface area (Å²) in [5.74, 6) is -1.14. The zero-order valence-corrected chi connectivity index (χ0v) is 13.3. The SMILES string of the molecule is CC(C)[C@H](CNC(=O)Nc1ccc(F)cc1F)c1ccnn1C. The third-order valence-corrected chi connectivity index (χ3v) is 3.71. The molecule has 0 bridgehead atoms. The number of hydrogen-bond acceptors (Lipinski definition) is 2. The van der Waals surface area contributed by atoms with Gasteiger partial charge in [0.25, 0.3) is 0 Å². The highest BCUT2D eigenvalue weighted by molar-refractivity contribution is 5.89. The van der Waals surface area contributed by atoms with E-state index >= 15 is 0 Å². The van der Waals surface area contributed by atoms with Crippen LogP contribution < -0.4 is 10.6 Å². The maximum atomic E-state index is 13.5. The summed E-state index contributed by atoms with van der Waals surface area (Å²) in [7, 11) is 1.85. The van der Waals surface area contributed by atoms with E-state index in [2.05, 4.69) is 29.6 Å². The van der Waals surface area contributed by atoms with Crippen molar-refractivity contribution in [2.45, 2.75) is 19.8 Å². The number of nitrogens with one attached hydrogen (secondary N) is 2. The quantitative estimate of drug-likeness (QED) is 0.887. The number of aromatic nitrogens is 2. The van der Waals surface area contributed by atoms with Crippen molar-refractivity contribution in [3.05, 3.63) is 47.8 Å². The van der Waals surface area contributed by atoms with Crippen LogP contribution in [-0.4, -0.2) is 22.4 Å². The van der Waals surface area contributed by atoms with Crippen LogP contribution in [-0.2, 0) is 7.05 Å². The Morgan fingerprint density at radius 1 is 1.30 bits per heavy atom. The van der Waals surface area contributed by atoms with Crippen LogP contribution in [0.2, 0.25) is 0 Å². The van der Waals surface area contributed by atoms with Gasteiger partial charge in [0, 0.05) is 37.5 Å². The zero-order valence-electron chi connectivity index (χ0n) is 13.3. The van der Waals surface area contributed by atoms with Crippen molar-refractivity contribution < 1.29 is 13.6 Å². The number of carbonyl (C=O) groups is 1. The zero-order chi connectivity index (χ0) is 17.0. The van der Waals surface area contributed by atoms with Gasteiger partial charge in [-0.3, -0.25) is 4.68 Å². The van der Waals surface area contributed by atoms with Crippen LogP contribution in [0.25, 0.3) is 0 Å². The number of benzene rings is 1. The Labute approximate surface area is 133 Å². The van der Waals surface area contributed by atoms with Gasteiger partial charge >= 0.3 is 6.03 Å². The summed E-state index contributed by atoms with van der Waals surface area (Å²) in [5, 5.41) is 9.23. The lowest BCUT2D eigenvalue weighted by molar-refractivity contribution is 0.250. The topological polar surface area (TPSA) is 59.0 Å². The molecule has 0 aliphatic heterocycles. The molecule has 0 radical (unpaired) electrons. The molecule has 0 saturated carbocycles. The summed E-state index contributed by atoms with van der Waals surface area (Å²) in [6, 6.07) is 4.37. The Balaban J connectivity index is 1.98. The summed E-state index contributed by atoms with van der Waals surface area (Å²) < 4.78 is 28.1. The third-order valence-electron chi connectivity index (χ3n) is 3.71.